The minimum Gasteiger partial charge on any atom is -0.246 e. The summed E-state index contributed by atoms with van der Waals surface area (Å²) in [6.45, 7) is 8.41. The van der Waals surface area contributed by atoms with E-state index in [-0.39, 0.29) is 0 Å². The summed E-state index contributed by atoms with van der Waals surface area (Å²) in [5, 5.41) is 1.26. The Morgan fingerprint density at radius 2 is 2.12 bits per heavy atom. The van der Waals surface area contributed by atoms with Crippen LogP contribution in [0, 0.1) is 12.8 Å². The lowest BCUT2D eigenvalue weighted by Crippen LogP contribution is -2.12. The summed E-state index contributed by atoms with van der Waals surface area (Å²) in [6.07, 6.45) is 8.07. The van der Waals surface area contributed by atoms with Gasteiger partial charge in [-0.15, -0.1) is 11.3 Å². The van der Waals surface area contributed by atoms with E-state index in [1.54, 1.807) is 4.88 Å². The van der Waals surface area contributed by atoms with Crippen molar-refractivity contribution in [2.75, 3.05) is 0 Å². The molecule has 0 unspecified atom stereocenters. The van der Waals surface area contributed by atoms with Gasteiger partial charge in [0.2, 0.25) is 0 Å². The molecule has 1 atom stereocenters. The van der Waals surface area contributed by atoms with Gasteiger partial charge in [0.25, 0.3) is 0 Å². The zero-order valence-corrected chi connectivity index (χ0v) is 12.0. The van der Waals surface area contributed by atoms with Crippen LogP contribution >= 0.6 is 11.3 Å². The van der Waals surface area contributed by atoms with Gasteiger partial charge in [-0.1, -0.05) is 40.0 Å². The van der Waals surface area contributed by atoms with Gasteiger partial charge in [0.1, 0.15) is 0 Å². The predicted octanol–water partition coefficient (Wildman–Crippen LogP) is 4.77. The number of thiazole rings is 1. The average Bonchev–Trinajstić information content (AvgIpc) is 2.68. The van der Waals surface area contributed by atoms with Crippen LogP contribution in [0.1, 0.15) is 62.0 Å². The van der Waals surface area contributed by atoms with Gasteiger partial charge >= 0.3 is 0 Å². The van der Waals surface area contributed by atoms with Crippen LogP contribution in [0.25, 0.3) is 0 Å². The molecular formula is C14H25NS. The summed E-state index contributed by atoms with van der Waals surface area (Å²) in [5.74, 6) is 0.947. The second-order valence-electron chi connectivity index (χ2n) is 4.35. The summed E-state index contributed by atoms with van der Waals surface area (Å²) in [6, 6.07) is 0. The van der Waals surface area contributed by atoms with Crippen LogP contribution in [0.4, 0.5) is 0 Å². The van der Waals surface area contributed by atoms with E-state index in [0.29, 0.717) is 0 Å². The topological polar surface area (TPSA) is 12.9 Å². The molecule has 16 heavy (non-hydrogen) atoms. The van der Waals surface area contributed by atoms with Gasteiger partial charge < -0.3 is 0 Å². The summed E-state index contributed by atoms with van der Waals surface area (Å²) >= 11 is 1.92. The SMILES string of the molecule is CC.CCCC[C@@H]1CCc2nc(C)sc2C1. The maximum absolute atomic E-state index is 4.58. The number of rotatable bonds is 3. The van der Waals surface area contributed by atoms with Crippen LogP contribution < -0.4 is 0 Å². The van der Waals surface area contributed by atoms with E-state index in [1.165, 1.54) is 49.2 Å². The maximum atomic E-state index is 4.58. The predicted molar refractivity (Wildman–Crippen MR) is 73.2 cm³/mol. The quantitative estimate of drug-likeness (QED) is 0.740. The van der Waals surface area contributed by atoms with Gasteiger partial charge in [-0.2, -0.15) is 0 Å². The lowest BCUT2D eigenvalue weighted by atomic mass is 9.87. The summed E-state index contributed by atoms with van der Waals surface area (Å²) in [5.41, 5.74) is 1.40. The summed E-state index contributed by atoms with van der Waals surface area (Å²) in [4.78, 5) is 6.16. The molecule has 1 aromatic rings. The fourth-order valence-corrected chi connectivity index (χ4v) is 3.41. The molecule has 2 rings (SSSR count). The van der Waals surface area contributed by atoms with Crippen LogP contribution in [0.2, 0.25) is 0 Å². The first-order valence-corrected chi connectivity index (χ1v) is 7.56. The summed E-state index contributed by atoms with van der Waals surface area (Å²) < 4.78 is 0. The van der Waals surface area contributed by atoms with E-state index in [9.17, 15) is 0 Å². The molecule has 0 bridgehead atoms. The largest absolute Gasteiger partial charge is 0.246 e. The molecule has 1 nitrogen and oxygen atoms in total. The molecule has 0 saturated carbocycles. The van der Waals surface area contributed by atoms with Gasteiger partial charge in [-0.05, 0) is 32.1 Å². The van der Waals surface area contributed by atoms with Gasteiger partial charge in [0.15, 0.2) is 0 Å². The lowest BCUT2D eigenvalue weighted by Gasteiger charge is -2.20. The number of hydrogen-bond acceptors (Lipinski definition) is 2. The Kier molecular flexibility index (Phi) is 6.04. The van der Waals surface area contributed by atoms with Gasteiger partial charge in [-0.3, -0.25) is 0 Å². The van der Waals surface area contributed by atoms with E-state index in [2.05, 4.69) is 18.8 Å². The van der Waals surface area contributed by atoms with Crippen molar-refractivity contribution in [3.63, 3.8) is 0 Å². The summed E-state index contributed by atoms with van der Waals surface area (Å²) in [7, 11) is 0. The van der Waals surface area contributed by atoms with E-state index in [1.807, 2.05) is 25.2 Å². The van der Waals surface area contributed by atoms with E-state index in [0.717, 1.165) is 5.92 Å². The van der Waals surface area contributed by atoms with Crippen molar-refractivity contribution in [3.05, 3.63) is 15.6 Å². The van der Waals surface area contributed by atoms with E-state index >= 15 is 0 Å². The van der Waals surface area contributed by atoms with Crippen molar-refractivity contribution >= 4 is 11.3 Å². The Morgan fingerprint density at radius 1 is 1.38 bits per heavy atom. The third-order valence-electron chi connectivity index (χ3n) is 3.11. The highest BCUT2D eigenvalue weighted by molar-refractivity contribution is 7.11. The molecule has 0 aromatic carbocycles. The minimum atomic E-state index is 0.947. The monoisotopic (exact) mass is 239 g/mol. The fourth-order valence-electron chi connectivity index (χ4n) is 2.31. The molecular weight excluding hydrogens is 214 g/mol. The highest BCUT2D eigenvalue weighted by Crippen LogP contribution is 2.31. The highest BCUT2D eigenvalue weighted by atomic mass is 32.1. The fraction of sp³-hybridized carbons (Fsp3) is 0.786. The van der Waals surface area contributed by atoms with Crippen LogP contribution in [-0.4, -0.2) is 4.98 Å². The number of nitrogens with zero attached hydrogens (tertiary/aromatic N) is 1. The number of aryl methyl sites for hydroxylation is 2. The van der Waals surface area contributed by atoms with Gasteiger partial charge in [0.05, 0.1) is 10.7 Å². The smallest absolute Gasteiger partial charge is 0.0900 e. The third kappa shape index (κ3) is 3.58. The molecule has 1 heterocycles. The molecule has 1 aliphatic carbocycles. The number of hydrogen-bond donors (Lipinski definition) is 0. The lowest BCUT2D eigenvalue weighted by molar-refractivity contribution is 0.414. The molecule has 0 N–H and O–H groups in total. The van der Waals surface area contributed by atoms with E-state index in [4.69, 9.17) is 0 Å². The van der Waals surface area contributed by atoms with Crippen LogP contribution in [-0.2, 0) is 12.8 Å². The second-order valence-corrected chi connectivity index (χ2v) is 5.64. The van der Waals surface area contributed by atoms with Crippen LogP contribution in [0.5, 0.6) is 0 Å². The van der Waals surface area contributed by atoms with E-state index < -0.39 is 0 Å². The third-order valence-corrected chi connectivity index (χ3v) is 4.15. The normalized spacial score (nSPS) is 18.6. The Labute approximate surface area is 104 Å². The molecule has 0 saturated heterocycles. The van der Waals surface area contributed by atoms with Gasteiger partial charge in [0, 0.05) is 4.88 Å². The molecule has 1 aliphatic rings. The molecule has 0 fully saturated rings. The minimum absolute atomic E-state index is 0.947. The van der Waals surface area contributed by atoms with Crippen LogP contribution in [0.3, 0.4) is 0 Å². The number of fused-ring (bicyclic) bond motifs is 1. The molecule has 2 heteroatoms. The van der Waals surface area contributed by atoms with Gasteiger partial charge in [-0.25, -0.2) is 4.98 Å². The standard InChI is InChI=1S/C12H19NS.C2H6/c1-3-4-5-10-6-7-11-12(8-10)14-9(2)13-11;1-2/h10H,3-8H2,1-2H3;1-2H3/t10-;/m1./s1. The van der Waals surface area contributed by atoms with Crippen molar-refractivity contribution in [2.45, 2.75) is 66.2 Å². The number of unbranched alkanes of at least 4 members (excludes halogenated alkanes) is 1. The molecule has 0 aliphatic heterocycles. The van der Waals surface area contributed by atoms with Crippen molar-refractivity contribution < 1.29 is 0 Å². The Balaban J connectivity index is 0.000000606. The first-order chi connectivity index (χ1) is 7.79. The Hall–Kier alpha value is -0.370. The molecule has 1 aromatic heterocycles. The Morgan fingerprint density at radius 3 is 2.81 bits per heavy atom. The Bertz CT molecular complexity index is 304. The van der Waals surface area contributed by atoms with Crippen LogP contribution in [0.15, 0.2) is 0 Å². The number of aromatic nitrogens is 1. The van der Waals surface area contributed by atoms with Crippen molar-refractivity contribution in [3.8, 4) is 0 Å². The highest BCUT2D eigenvalue weighted by Gasteiger charge is 2.20. The van der Waals surface area contributed by atoms with Crippen molar-refractivity contribution in [1.29, 1.82) is 0 Å². The first kappa shape index (κ1) is 13.7. The second kappa shape index (κ2) is 7.05. The zero-order valence-electron chi connectivity index (χ0n) is 11.2. The average molecular weight is 239 g/mol. The molecule has 0 radical (unpaired) electrons. The molecule has 92 valence electrons. The van der Waals surface area contributed by atoms with Crippen molar-refractivity contribution in [1.82, 2.24) is 4.98 Å². The first-order valence-electron chi connectivity index (χ1n) is 6.74. The molecule has 0 spiro atoms. The van der Waals surface area contributed by atoms with Crippen molar-refractivity contribution in [2.24, 2.45) is 5.92 Å². The molecule has 0 amide bonds. The maximum Gasteiger partial charge on any atom is 0.0900 e. The zero-order chi connectivity index (χ0) is 12.0.